The summed E-state index contributed by atoms with van der Waals surface area (Å²) in [5, 5.41) is -0.876. The monoisotopic (exact) mass is 354 g/mol. The molecule has 0 atom stereocenters. The number of rotatable bonds is 3. The molecule has 0 aromatic heterocycles. The van der Waals surface area contributed by atoms with Crippen LogP contribution < -0.4 is 14.2 Å². The van der Waals surface area contributed by atoms with Crippen LogP contribution in [-0.2, 0) is 14.4 Å². The van der Waals surface area contributed by atoms with Crippen molar-refractivity contribution < 1.29 is 28.6 Å². The van der Waals surface area contributed by atoms with Crippen LogP contribution in [0.25, 0.3) is 0 Å². The first-order valence-electron chi connectivity index (χ1n) is 5.40. The molecule has 9 heteroatoms. The molecular formula is C12H9Cl3O6. The summed E-state index contributed by atoms with van der Waals surface area (Å²) >= 11 is 17.8. The first-order valence-corrected chi connectivity index (χ1v) is 6.54. The highest BCUT2D eigenvalue weighted by Crippen LogP contribution is 2.52. The van der Waals surface area contributed by atoms with E-state index in [0.717, 1.165) is 20.8 Å². The van der Waals surface area contributed by atoms with Gasteiger partial charge in [0.25, 0.3) is 0 Å². The van der Waals surface area contributed by atoms with Gasteiger partial charge >= 0.3 is 17.9 Å². The van der Waals surface area contributed by atoms with E-state index in [1.807, 2.05) is 0 Å². The van der Waals surface area contributed by atoms with E-state index < -0.39 is 17.9 Å². The maximum Gasteiger partial charge on any atom is 0.308 e. The van der Waals surface area contributed by atoms with Crippen molar-refractivity contribution >= 4 is 52.7 Å². The maximum absolute atomic E-state index is 11.1. The van der Waals surface area contributed by atoms with Gasteiger partial charge in [-0.15, -0.1) is 0 Å². The second-order valence-electron chi connectivity index (χ2n) is 3.71. The molecule has 0 radical (unpaired) electrons. The van der Waals surface area contributed by atoms with Crippen LogP contribution in [0.2, 0.25) is 15.1 Å². The molecule has 1 rings (SSSR count). The molecule has 0 aliphatic rings. The minimum atomic E-state index is -0.752. The summed E-state index contributed by atoms with van der Waals surface area (Å²) in [7, 11) is 0. The summed E-state index contributed by atoms with van der Waals surface area (Å²) in [5.41, 5.74) is 0. The molecule has 6 nitrogen and oxygen atoms in total. The molecule has 21 heavy (non-hydrogen) atoms. The Bertz CT molecular complexity index is 626. The molecule has 114 valence electrons. The predicted molar refractivity (Wildman–Crippen MR) is 75.4 cm³/mol. The zero-order chi connectivity index (χ0) is 16.3. The summed E-state index contributed by atoms with van der Waals surface area (Å²) in [5.74, 6) is -3.22. The Morgan fingerprint density at radius 1 is 0.619 bits per heavy atom. The number of hydrogen-bond acceptors (Lipinski definition) is 6. The minimum absolute atomic E-state index is 0.260. The van der Waals surface area contributed by atoms with Gasteiger partial charge in [-0.1, -0.05) is 34.8 Å². The van der Waals surface area contributed by atoms with Crippen LogP contribution >= 0.6 is 34.8 Å². The average Bonchev–Trinajstić information content (AvgIpc) is 2.35. The van der Waals surface area contributed by atoms with Crippen molar-refractivity contribution in [2.24, 2.45) is 0 Å². The van der Waals surface area contributed by atoms with Crippen molar-refractivity contribution in [1.29, 1.82) is 0 Å². The van der Waals surface area contributed by atoms with Crippen molar-refractivity contribution in [3.8, 4) is 17.2 Å². The Morgan fingerprint density at radius 2 is 0.905 bits per heavy atom. The summed E-state index contributed by atoms with van der Waals surface area (Å²) in [6.07, 6.45) is 0. The number of halogens is 3. The van der Waals surface area contributed by atoms with Gasteiger partial charge in [-0.05, 0) is 0 Å². The maximum atomic E-state index is 11.1. The number of ether oxygens (including phenoxy) is 3. The van der Waals surface area contributed by atoms with Gasteiger partial charge < -0.3 is 14.2 Å². The summed E-state index contributed by atoms with van der Waals surface area (Å²) < 4.78 is 14.5. The second kappa shape index (κ2) is 6.98. The van der Waals surface area contributed by atoms with Gasteiger partial charge in [0.15, 0.2) is 17.2 Å². The average molecular weight is 356 g/mol. The Balaban J connectivity index is 3.60. The molecule has 0 amide bonds. The Morgan fingerprint density at radius 3 is 1.29 bits per heavy atom. The van der Waals surface area contributed by atoms with Crippen LogP contribution in [0.5, 0.6) is 17.2 Å². The number of esters is 3. The molecule has 0 N–H and O–H groups in total. The number of carbonyl (C=O) groups excluding carboxylic acids is 3. The zero-order valence-corrected chi connectivity index (χ0v) is 13.4. The van der Waals surface area contributed by atoms with E-state index >= 15 is 0 Å². The predicted octanol–water partition coefficient (Wildman–Crippen LogP) is 3.42. The van der Waals surface area contributed by atoms with Gasteiger partial charge in [-0.2, -0.15) is 0 Å². The molecule has 0 unspecified atom stereocenters. The minimum Gasteiger partial charge on any atom is -0.423 e. The second-order valence-corrected chi connectivity index (χ2v) is 4.84. The van der Waals surface area contributed by atoms with Crippen molar-refractivity contribution in [2.75, 3.05) is 0 Å². The Kier molecular flexibility index (Phi) is 5.83. The number of hydrogen-bond donors (Lipinski definition) is 0. The van der Waals surface area contributed by atoms with E-state index in [4.69, 9.17) is 49.0 Å². The Hall–Kier alpha value is -1.50. The third-order valence-electron chi connectivity index (χ3n) is 1.93. The van der Waals surface area contributed by atoms with Crippen molar-refractivity contribution in [3.05, 3.63) is 15.1 Å². The van der Waals surface area contributed by atoms with E-state index in [1.165, 1.54) is 0 Å². The summed E-state index contributed by atoms with van der Waals surface area (Å²) in [6, 6.07) is 0. The van der Waals surface area contributed by atoms with E-state index in [0.29, 0.717) is 0 Å². The van der Waals surface area contributed by atoms with Crippen molar-refractivity contribution in [3.63, 3.8) is 0 Å². The smallest absolute Gasteiger partial charge is 0.308 e. The van der Waals surface area contributed by atoms with E-state index in [-0.39, 0.29) is 32.3 Å². The molecular weight excluding hydrogens is 346 g/mol. The molecule has 0 heterocycles. The van der Waals surface area contributed by atoms with Crippen LogP contribution in [0.3, 0.4) is 0 Å². The number of carbonyl (C=O) groups is 3. The van der Waals surface area contributed by atoms with Crippen LogP contribution in [0.1, 0.15) is 20.8 Å². The van der Waals surface area contributed by atoms with E-state index in [2.05, 4.69) is 0 Å². The topological polar surface area (TPSA) is 78.9 Å². The van der Waals surface area contributed by atoms with Crippen LogP contribution in [0.15, 0.2) is 0 Å². The molecule has 0 saturated carbocycles. The molecule has 0 fully saturated rings. The largest absolute Gasteiger partial charge is 0.423 e. The molecule has 0 bridgehead atoms. The van der Waals surface area contributed by atoms with Gasteiger partial charge in [0, 0.05) is 20.8 Å². The van der Waals surface area contributed by atoms with Crippen LogP contribution in [0, 0.1) is 0 Å². The van der Waals surface area contributed by atoms with Gasteiger partial charge in [0.05, 0.1) is 0 Å². The summed E-state index contributed by atoms with van der Waals surface area (Å²) in [6.45, 7) is 3.32. The SMILES string of the molecule is CC(=O)Oc1c(Cl)c(Cl)c(OC(C)=O)c(OC(C)=O)c1Cl. The lowest BCUT2D eigenvalue weighted by Gasteiger charge is -2.16. The highest BCUT2D eigenvalue weighted by molar-refractivity contribution is 6.46. The van der Waals surface area contributed by atoms with Crippen molar-refractivity contribution in [2.45, 2.75) is 20.8 Å². The lowest BCUT2D eigenvalue weighted by molar-refractivity contribution is -0.134. The van der Waals surface area contributed by atoms with E-state index in [9.17, 15) is 14.4 Å². The lowest BCUT2D eigenvalue weighted by atomic mass is 10.3. The third-order valence-corrected chi connectivity index (χ3v) is 3.09. The zero-order valence-electron chi connectivity index (χ0n) is 11.1. The molecule has 1 aromatic rings. The van der Waals surface area contributed by atoms with Crippen LogP contribution in [0.4, 0.5) is 0 Å². The standard InChI is InChI=1S/C12H9Cl3O6/c1-4(16)19-10-7(13)8(14)11(20-5(2)17)12(9(10)15)21-6(3)18/h1-3H3. The third kappa shape index (κ3) is 4.23. The lowest BCUT2D eigenvalue weighted by Crippen LogP contribution is -2.10. The van der Waals surface area contributed by atoms with Crippen molar-refractivity contribution in [1.82, 2.24) is 0 Å². The quantitative estimate of drug-likeness (QED) is 0.469. The van der Waals surface area contributed by atoms with Gasteiger partial charge in [0.2, 0.25) is 0 Å². The first kappa shape index (κ1) is 17.6. The highest BCUT2D eigenvalue weighted by Gasteiger charge is 2.28. The first-order chi connectivity index (χ1) is 9.65. The molecule has 1 aromatic carbocycles. The Labute approximate surface area is 134 Å². The fourth-order valence-electron chi connectivity index (χ4n) is 1.30. The van der Waals surface area contributed by atoms with Gasteiger partial charge in [-0.3, -0.25) is 14.4 Å². The summed E-state index contributed by atoms with van der Waals surface area (Å²) in [4.78, 5) is 33.3. The number of benzene rings is 1. The fraction of sp³-hybridized carbons (Fsp3) is 0.250. The molecule has 0 aliphatic carbocycles. The fourth-order valence-corrected chi connectivity index (χ4v) is 2.04. The van der Waals surface area contributed by atoms with E-state index in [1.54, 1.807) is 0 Å². The molecule has 0 saturated heterocycles. The molecule has 0 aliphatic heterocycles. The molecule has 0 spiro atoms. The normalized spacial score (nSPS) is 10.0. The van der Waals surface area contributed by atoms with Gasteiger partial charge in [-0.25, -0.2) is 0 Å². The highest BCUT2D eigenvalue weighted by atomic mass is 35.5. The van der Waals surface area contributed by atoms with Gasteiger partial charge in [0.1, 0.15) is 15.1 Å². The van der Waals surface area contributed by atoms with Crippen LogP contribution in [-0.4, -0.2) is 17.9 Å².